The van der Waals surface area contributed by atoms with E-state index in [-0.39, 0.29) is 19.4 Å². The van der Waals surface area contributed by atoms with E-state index in [0.29, 0.717) is 0 Å². The van der Waals surface area contributed by atoms with Crippen molar-refractivity contribution < 1.29 is 21.8 Å². The van der Waals surface area contributed by atoms with Crippen LogP contribution in [0.3, 0.4) is 0 Å². The number of hydrogen-bond donors (Lipinski definition) is 1. The molecule has 0 aliphatic carbocycles. The number of unbranched alkanes of at least 4 members (excludes halogenated alkanes) is 1. The number of ether oxygens (including phenoxy) is 1. The van der Waals surface area contributed by atoms with Gasteiger partial charge in [-0.3, -0.25) is 0 Å². The van der Waals surface area contributed by atoms with Crippen molar-refractivity contribution in [2.75, 3.05) is 12.4 Å². The zero-order valence-corrected chi connectivity index (χ0v) is 7.14. The Balaban J connectivity index is 3.29. The fourth-order valence-corrected chi connectivity index (χ4v) is 1.10. The smallest absolute Gasteiger partial charge is 0.404 e. The molecule has 0 spiro atoms. The fraction of sp³-hybridized carbons (Fsp3) is 0.800. The highest BCUT2D eigenvalue weighted by molar-refractivity contribution is 7.86. The highest BCUT2D eigenvalue weighted by Crippen LogP contribution is 1.98. The number of carbonyl (C=O) groups excluding carboxylic acids is 1. The summed E-state index contributed by atoms with van der Waals surface area (Å²) in [4.78, 5) is 9.97. The Bertz CT molecular complexity index is 238. The molecule has 12 heavy (non-hydrogen) atoms. The molecule has 0 aliphatic heterocycles. The van der Waals surface area contributed by atoms with Gasteiger partial charge >= 0.3 is 16.3 Å². The van der Waals surface area contributed by atoms with Crippen molar-refractivity contribution in [1.29, 1.82) is 0 Å². The quantitative estimate of drug-likeness (QED) is 0.504. The van der Waals surface area contributed by atoms with E-state index in [2.05, 4.69) is 10.5 Å². The molecule has 2 N–H and O–H groups in total. The molecule has 0 aliphatic rings. The van der Waals surface area contributed by atoms with Gasteiger partial charge in [-0.1, -0.05) is 0 Å². The Morgan fingerprint density at radius 3 is 2.42 bits per heavy atom. The van der Waals surface area contributed by atoms with Gasteiger partial charge in [-0.05, 0) is 12.8 Å². The lowest BCUT2D eigenvalue weighted by molar-refractivity contribution is 0.155. The standard InChI is InChI=1S/C5H10FNO4S/c6-12(9,10)4-2-1-3-11-5(7)8/h1-4H2,(H2,7,8). The number of primary amides is 1. The summed E-state index contributed by atoms with van der Waals surface area (Å²) in [5.74, 6) is -0.547. The first kappa shape index (κ1) is 11.2. The second kappa shape index (κ2) is 4.91. The molecule has 0 atom stereocenters. The summed E-state index contributed by atoms with van der Waals surface area (Å²) < 4.78 is 36.0. The van der Waals surface area contributed by atoms with Gasteiger partial charge in [0.1, 0.15) is 0 Å². The molecule has 5 nitrogen and oxygen atoms in total. The maximum absolute atomic E-state index is 11.8. The van der Waals surface area contributed by atoms with Crippen LogP contribution in [0.5, 0.6) is 0 Å². The molecule has 0 saturated carbocycles. The van der Waals surface area contributed by atoms with Gasteiger partial charge in [0.25, 0.3) is 0 Å². The molecule has 0 bridgehead atoms. The van der Waals surface area contributed by atoms with Crippen molar-refractivity contribution in [1.82, 2.24) is 0 Å². The molecule has 0 heterocycles. The van der Waals surface area contributed by atoms with Crippen molar-refractivity contribution in [3.8, 4) is 0 Å². The average Bonchev–Trinajstić information content (AvgIpc) is 1.83. The van der Waals surface area contributed by atoms with E-state index < -0.39 is 22.1 Å². The van der Waals surface area contributed by atoms with Crippen LogP contribution >= 0.6 is 0 Å². The minimum atomic E-state index is -4.40. The maximum atomic E-state index is 11.8. The number of halogens is 1. The Morgan fingerprint density at radius 2 is 2.00 bits per heavy atom. The third-order valence-electron chi connectivity index (χ3n) is 1.03. The predicted molar refractivity (Wildman–Crippen MR) is 39.7 cm³/mol. The highest BCUT2D eigenvalue weighted by Gasteiger charge is 2.05. The number of carbonyl (C=O) groups is 1. The van der Waals surface area contributed by atoms with Crippen LogP contribution in [0.2, 0.25) is 0 Å². The summed E-state index contributed by atoms with van der Waals surface area (Å²) >= 11 is 0. The van der Waals surface area contributed by atoms with E-state index in [1.807, 2.05) is 0 Å². The van der Waals surface area contributed by atoms with Crippen LogP contribution < -0.4 is 5.73 Å². The molecular weight excluding hydrogens is 189 g/mol. The number of rotatable bonds is 5. The van der Waals surface area contributed by atoms with Crippen LogP contribution in [0.1, 0.15) is 12.8 Å². The van der Waals surface area contributed by atoms with Crippen molar-refractivity contribution >= 4 is 16.3 Å². The molecule has 0 unspecified atom stereocenters. The minimum absolute atomic E-state index is 0.0187. The molecule has 0 radical (unpaired) electrons. The average molecular weight is 199 g/mol. The third kappa shape index (κ3) is 9.15. The van der Waals surface area contributed by atoms with Gasteiger partial charge < -0.3 is 10.5 Å². The minimum Gasteiger partial charge on any atom is -0.450 e. The predicted octanol–water partition coefficient (Wildman–Crippen LogP) is 0.161. The topological polar surface area (TPSA) is 86.5 Å². The first-order chi connectivity index (χ1) is 5.42. The second-order valence-electron chi connectivity index (χ2n) is 2.12. The second-order valence-corrected chi connectivity index (χ2v) is 3.60. The Labute approximate surface area is 69.9 Å². The van der Waals surface area contributed by atoms with E-state index in [1.54, 1.807) is 0 Å². The summed E-state index contributed by atoms with van der Waals surface area (Å²) in [7, 11) is -4.40. The van der Waals surface area contributed by atoms with E-state index in [0.717, 1.165) is 0 Å². The van der Waals surface area contributed by atoms with Gasteiger partial charge in [0.15, 0.2) is 0 Å². The van der Waals surface area contributed by atoms with Crippen LogP contribution in [-0.2, 0) is 15.0 Å². The molecule has 7 heteroatoms. The lowest BCUT2D eigenvalue weighted by Crippen LogP contribution is -2.14. The summed E-state index contributed by atoms with van der Waals surface area (Å²) in [5, 5.41) is 0. The van der Waals surface area contributed by atoms with Crippen LogP contribution in [0.15, 0.2) is 0 Å². The summed E-state index contributed by atoms with van der Waals surface area (Å²) in [6.07, 6.45) is -0.517. The van der Waals surface area contributed by atoms with Gasteiger partial charge in [-0.15, -0.1) is 3.89 Å². The summed E-state index contributed by atoms with van der Waals surface area (Å²) in [5.41, 5.74) is 4.61. The molecule has 0 rings (SSSR count). The molecule has 1 amide bonds. The molecule has 0 aromatic carbocycles. The van der Waals surface area contributed by atoms with Gasteiger partial charge in [0.2, 0.25) is 0 Å². The van der Waals surface area contributed by atoms with Crippen LogP contribution in [0.25, 0.3) is 0 Å². The van der Waals surface area contributed by atoms with Crippen molar-refractivity contribution in [2.24, 2.45) is 5.73 Å². The Morgan fingerprint density at radius 1 is 1.42 bits per heavy atom. The number of nitrogens with two attached hydrogens (primary N) is 1. The lowest BCUT2D eigenvalue weighted by Gasteiger charge is -1.98. The lowest BCUT2D eigenvalue weighted by atomic mass is 10.4. The van der Waals surface area contributed by atoms with Crippen LogP contribution in [-0.4, -0.2) is 26.9 Å². The first-order valence-corrected chi connectivity index (χ1v) is 4.81. The van der Waals surface area contributed by atoms with E-state index in [4.69, 9.17) is 0 Å². The normalized spacial score (nSPS) is 11.1. The van der Waals surface area contributed by atoms with Gasteiger partial charge in [-0.25, -0.2) is 4.79 Å². The maximum Gasteiger partial charge on any atom is 0.404 e. The van der Waals surface area contributed by atoms with Crippen LogP contribution in [0.4, 0.5) is 8.68 Å². The molecule has 0 saturated heterocycles. The van der Waals surface area contributed by atoms with Crippen LogP contribution in [0, 0.1) is 0 Å². The summed E-state index contributed by atoms with van der Waals surface area (Å²) in [6.45, 7) is 0.0187. The molecule has 0 aromatic rings. The van der Waals surface area contributed by atoms with Crippen molar-refractivity contribution in [3.63, 3.8) is 0 Å². The number of amides is 1. The number of hydrogen-bond acceptors (Lipinski definition) is 4. The van der Waals surface area contributed by atoms with Gasteiger partial charge in [0, 0.05) is 0 Å². The first-order valence-electron chi connectivity index (χ1n) is 3.26. The van der Waals surface area contributed by atoms with Gasteiger partial charge in [-0.2, -0.15) is 8.42 Å². The van der Waals surface area contributed by atoms with Gasteiger partial charge in [0.05, 0.1) is 12.4 Å². The zero-order chi connectivity index (χ0) is 9.61. The molecule has 0 fully saturated rings. The summed E-state index contributed by atoms with van der Waals surface area (Å²) in [6, 6.07) is 0. The van der Waals surface area contributed by atoms with Crippen molar-refractivity contribution in [3.05, 3.63) is 0 Å². The van der Waals surface area contributed by atoms with Crippen molar-refractivity contribution in [2.45, 2.75) is 12.8 Å². The largest absolute Gasteiger partial charge is 0.450 e. The molecule has 72 valence electrons. The van der Waals surface area contributed by atoms with E-state index in [1.165, 1.54) is 0 Å². The fourth-order valence-electron chi connectivity index (χ4n) is 0.549. The zero-order valence-electron chi connectivity index (χ0n) is 6.32. The Kier molecular flexibility index (Phi) is 4.57. The van der Waals surface area contributed by atoms with E-state index in [9.17, 15) is 17.1 Å². The monoisotopic (exact) mass is 199 g/mol. The SMILES string of the molecule is NC(=O)OCCCCS(=O)(=O)F. The van der Waals surface area contributed by atoms with E-state index >= 15 is 0 Å². The third-order valence-corrected chi connectivity index (χ3v) is 1.80. The molecule has 0 aromatic heterocycles. The highest BCUT2D eigenvalue weighted by atomic mass is 32.3. The molecular formula is C5H10FNO4S. The Hall–Kier alpha value is -0.850.